The molecule has 178 valence electrons. The predicted octanol–water partition coefficient (Wildman–Crippen LogP) is 2.71. The largest absolute Gasteiger partial charge is 0.463 e. The standard InChI is InChI=1S/C9H11F3O4.C9H12F2O4/c1-8(2,9(10,11)12)7(14)16-5-3-4-15-6(5)13;1-9(10,11)8(13)15-6-4-2-3-5-14-7(6)12/h5H,3-4H2,1-2H3;6H,2-5H2,1H3. The molecule has 0 saturated carbocycles. The van der Waals surface area contributed by atoms with Gasteiger partial charge in [-0.1, -0.05) is 0 Å². The van der Waals surface area contributed by atoms with Gasteiger partial charge < -0.3 is 18.9 Å². The monoisotopic (exact) mass is 462 g/mol. The minimum absolute atomic E-state index is 0.0588. The summed E-state index contributed by atoms with van der Waals surface area (Å²) in [7, 11) is 0. The van der Waals surface area contributed by atoms with Crippen molar-refractivity contribution in [2.75, 3.05) is 13.2 Å². The summed E-state index contributed by atoms with van der Waals surface area (Å²) in [5.41, 5.74) is -2.63. The van der Waals surface area contributed by atoms with Gasteiger partial charge in [0.25, 0.3) is 0 Å². The Balaban J connectivity index is 0.000000311. The summed E-state index contributed by atoms with van der Waals surface area (Å²) in [6.07, 6.45) is -5.52. The second-order valence-corrected chi connectivity index (χ2v) is 7.42. The molecular formula is C18H23F5O8. The van der Waals surface area contributed by atoms with E-state index in [4.69, 9.17) is 0 Å². The van der Waals surface area contributed by atoms with Gasteiger partial charge in [0.2, 0.25) is 6.10 Å². The summed E-state index contributed by atoms with van der Waals surface area (Å²) in [6, 6.07) is 0. The Morgan fingerprint density at radius 3 is 1.74 bits per heavy atom. The van der Waals surface area contributed by atoms with E-state index in [0.717, 1.165) is 0 Å². The average Bonchev–Trinajstić information content (AvgIpc) is 2.91. The number of hydrogen-bond donors (Lipinski definition) is 0. The van der Waals surface area contributed by atoms with Crippen molar-refractivity contribution >= 4 is 23.9 Å². The maximum atomic E-state index is 12.5. The highest BCUT2D eigenvalue weighted by atomic mass is 19.4. The normalized spacial score (nSPS) is 22.3. The van der Waals surface area contributed by atoms with Gasteiger partial charge in [0.1, 0.15) is 0 Å². The summed E-state index contributed by atoms with van der Waals surface area (Å²) in [5, 5.41) is 0. The molecule has 0 N–H and O–H groups in total. The molecule has 0 radical (unpaired) electrons. The number of ether oxygens (including phenoxy) is 4. The van der Waals surface area contributed by atoms with Crippen molar-refractivity contribution in [1.82, 2.24) is 0 Å². The van der Waals surface area contributed by atoms with Crippen LogP contribution in [0.25, 0.3) is 0 Å². The van der Waals surface area contributed by atoms with E-state index in [1.54, 1.807) is 0 Å². The molecule has 0 aromatic carbocycles. The second-order valence-electron chi connectivity index (χ2n) is 7.42. The molecule has 0 aliphatic carbocycles. The molecule has 0 aromatic rings. The summed E-state index contributed by atoms with van der Waals surface area (Å²) in [5.74, 6) is -8.28. The van der Waals surface area contributed by atoms with Crippen LogP contribution < -0.4 is 0 Å². The first-order valence-corrected chi connectivity index (χ1v) is 9.27. The van der Waals surface area contributed by atoms with Gasteiger partial charge >= 0.3 is 36.0 Å². The van der Waals surface area contributed by atoms with Gasteiger partial charge in [0.05, 0.1) is 13.2 Å². The maximum absolute atomic E-state index is 12.5. The third kappa shape index (κ3) is 7.62. The Hall–Kier alpha value is -2.47. The third-order valence-corrected chi connectivity index (χ3v) is 4.33. The smallest absolute Gasteiger partial charge is 0.404 e. The first-order chi connectivity index (χ1) is 14.1. The molecule has 2 heterocycles. The SMILES string of the molecule is CC(C)(C(=O)OC1CCOC1=O)C(F)(F)F.CC(F)(F)C(=O)OC1CCCCOC1=O. The summed E-state index contributed by atoms with van der Waals surface area (Å²) >= 11 is 0. The number of rotatable bonds is 4. The van der Waals surface area contributed by atoms with Crippen LogP contribution in [0, 0.1) is 5.41 Å². The molecule has 0 aromatic heterocycles. The van der Waals surface area contributed by atoms with Crippen LogP contribution in [0.1, 0.15) is 46.5 Å². The molecular weight excluding hydrogens is 439 g/mol. The van der Waals surface area contributed by atoms with Gasteiger partial charge in [-0.05, 0) is 33.1 Å². The quantitative estimate of drug-likeness (QED) is 0.357. The van der Waals surface area contributed by atoms with Crippen LogP contribution in [0.2, 0.25) is 0 Å². The number of carbonyl (C=O) groups is 4. The van der Waals surface area contributed by atoms with E-state index in [2.05, 4.69) is 18.9 Å². The first kappa shape index (κ1) is 26.6. The Morgan fingerprint density at radius 2 is 1.29 bits per heavy atom. The van der Waals surface area contributed by atoms with E-state index in [9.17, 15) is 41.1 Å². The molecule has 0 spiro atoms. The van der Waals surface area contributed by atoms with Crippen LogP contribution in [-0.2, 0) is 38.1 Å². The van der Waals surface area contributed by atoms with Crippen molar-refractivity contribution in [1.29, 1.82) is 0 Å². The van der Waals surface area contributed by atoms with E-state index in [1.165, 1.54) is 0 Å². The van der Waals surface area contributed by atoms with E-state index in [1.807, 2.05) is 0 Å². The van der Waals surface area contributed by atoms with Crippen LogP contribution in [0.15, 0.2) is 0 Å². The number of alkyl halides is 5. The summed E-state index contributed by atoms with van der Waals surface area (Å²) < 4.78 is 80.3. The minimum Gasteiger partial charge on any atom is -0.463 e. The minimum atomic E-state index is -4.72. The van der Waals surface area contributed by atoms with Crippen molar-refractivity contribution in [2.24, 2.45) is 5.41 Å². The Kier molecular flexibility index (Phi) is 8.76. The number of halogens is 5. The van der Waals surface area contributed by atoms with Crippen LogP contribution in [0.3, 0.4) is 0 Å². The van der Waals surface area contributed by atoms with E-state index >= 15 is 0 Å². The van der Waals surface area contributed by atoms with Crippen molar-refractivity contribution in [3.63, 3.8) is 0 Å². The maximum Gasteiger partial charge on any atom is 0.404 e. The fourth-order valence-corrected chi connectivity index (χ4v) is 2.13. The average molecular weight is 462 g/mol. The predicted molar refractivity (Wildman–Crippen MR) is 90.6 cm³/mol. The number of hydrogen-bond acceptors (Lipinski definition) is 8. The van der Waals surface area contributed by atoms with Crippen molar-refractivity contribution in [2.45, 2.75) is 70.8 Å². The third-order valence-electron chi connectivity index (χ3n) is 4.33. The zero-order valence-electron chi connectivity index (χ0n) is 17.1. The molecule has 0 amide bonds. The van der Waals surface area contributed by atoms with Gasteiger partial charge in [-0.2, -0.15) is 22.0 Å². The molecule has 2 aliphatic rings. The van der Waals surface area contributed by atoms with Crippen molar-refractivity contribution in [3.05, 3.63) is 0 Å². The Labute approximate surface area is 174 Å². The van der Waals surface area contributed by atoms with E-state index in [-0.39, 0.29) is 26.1 Å². The summed E-state index contributed by atoms with van der Waals surface area (Å²) in [4.78, 5) is 44.1. The molecule has 2 aliphatic heterocycles. The van der Waals surface area contributed by atoms with Gasteiger partial charge in [0.15, 0.2) is 11.5 Å². The highest BCUT2D eigenvalue weighted by molar-refractivity contribution is 5.83. The number of cyclic esters (lactones) is 2. The zero-order valence-corrected chi connectivity index (χ0v) is 17.1. The summed E-state index contributed by atoms with van der Waals surface area (Å²) in [6.45, 7) is 2.14. The van der Waals surface area contributed by atoms with Crippen molar-refractivity contribution in [3.8, 4) is 0 Å². The molecule has 2 rings (SSSR count). The number of esters is 4. The Morgan fingerprint density at radius 1 is 0.806 bits per heavy atom. The highest BCUT2D eigenvalue weighted by Gasteiger charge is 2.55. The Bertz CT molecular complexity index is 683. The van der Waals surface area contributed by atoms with E-state index in [0.29, 0.717) is 33.6 Å². The lowest BCUT2D eigenvalue weighted by Gasteiger charge is -2.26. The van der Waals surface area contributed by atoms with Gasteiger partial charge in [-0.3, -0.25) is 4.79 Å². The molecule has 13 heteroatoms. The fourth-order valence-electron chi connectivity index (χ4n) is 2.13. The molecule has 2 saturated heterocycles. The second kappa shape index (κ2) is 10.2. The molecule has 2 atom stereocenters. The zero-order chi connectivity index (χ0) is 24.0. The first-order valence-electron chi connectivity index (χ1n) is 9.27. The van der Waals surface area contributed by atoms with E-state index < -0.39 is 53.6 Å². The van der Waals surface area contributed by atoms with Gasteiger partial charge in [-0.25, -0.2) is 14.4 Å². The lowest BCUT2D eigenvalue weighted by molar-refractivity contribution is -0.227. The topological polar surface area (TPSA) is 105 Å². The van der Waals surface area contributed by atoms with Crippen LogP contribution in [0.5, 0.6) is 0 Å². The fraction of sp³-hybridized carbons (Fsp3) is 0.778. The highest BCUT2D eigenvalue weighted by Crippen LogP contribution is 2.39. The molecule has 8 nitrogen and oxygen atoms in total. The molecule has 0 bridgehead atoms. The van der Waals surface area contributed by atoms with Crippen LogP contribution >= 0.6 is 0 Å². The molecule has 2 fully saturated rings. The lowest BCUT2D eigenvalue weighted by atomic mass is 9.93. The van der Waals surface area contributed by atoms with Crippen LogP contribution in [0.4, 0.5) is 22.0 Å². The van der Waals surface area contributed by atoms with Gasteiger partial charge in [-0.15, -0.1) is 0 Å². The van der Waals surface area contributed by atoms with Crippen molar-refractivity contribution < 1.29 is 60.1 Å². The molecule has 31 heavy (non-hydrogen) atoms. The number of carbonyl (C=O) groups excluding carboxylic acids is 4. The van der Waals surface area contributed by atoms with Gasteiger partial charge in [0, 0.05) is 13.3 Å². The molecule has 2 unspecified atom stereocenters. The van der Waals surface area contributed by atoms with Crippen LogP contribution in [-0.4, -0.2) is 61.4 Å². The lowest BCUT2D eigenvalue weighted by Crippen LogP contribution is -2.43.